The molecular formula is C16H18N2O4S. The summed E-state index contributed by atoms with van der Waals surface area (Å²) in [5.74, 6) is -0.534. The van der Waals surface area contributed by atoms with Crippen molar-refractivity contribution >= 4 is 29.5 Å². The van der Waals surface area contributed by atoms with Crippen LogP contribution >= 0.6 is 11.8 Å². The second-order valence-electron chi connectivity index (χ2n) is 5.23. The Bertz CT molecular complexity index is 653. The van der Waals surface area contributed by atoms with E-state index in [4.69, 9.17) is 0 Å². The largest absolute Gasteiger partial charge is 0.465 e. The molecule has 0 spiro atoms. The third-order valence-corrected chi connectivity index (χ3v) is 4.70. The predicted octanol–water partition coefficient (Wildman–Crippen LogP) is 2.58. The van der Waals surface area contributed by atoms with Gasteiger partial charge in [-0.25, -0.2) is 4.79 Å². The molecule has 23 heavy (non-hydrogen) atoms. The minimum atomic E-state index is -0.925. The number of rotatable bonds is 5. The highest BCUT2D eigenvalue weighted by Crippen LogP contribution is 2.35. The molecule has 0 saturated heterocycles. The second-order valence-corrected chi connectivity index (χ2v) is 6.45. The normalized spacial score (nSPS) is 20.4. The first kappa shape index (κ1) is 17.1. The van der Waals surface area contributed by atoms with E-state index in [1.807, 2.05) is 49.3 Å². The van der Waals surface area contributed by atoms with Crippen molar-refractivity contribution in [2.24, 2.45) is 0 Å². The number of esters is 1. The monoisotopic (exact) mass is 334 g/mol. The first-order chi connectivity index (χ1) is 10.9. The van der Waals surface area contributed by atoms with Crippen LogP contribution in [0.5, 0.6) is 0 Å². The average Bonchev–Trinajstić information content (AvgIpc) is 2.97. The lowest BCUT2D eigenvalue weighted by Crippen LogP contribution is -2.24. The lowest BCUT2D eigenvalue weighted by Gasteiger charge is -2.12. The zero-order valence-electron chi connectivity index (χ0n) is 13.1. The van der Waals surface area contributed by atoms with E-state index in [1.165, 1.54) is 13.2 Å². The molecule has 0 bridgehead atoms. The van der Waals surface area contributed by atoms with Gasteiger partial charge in [-0.3, -0.25) is 10.1 Å². The highest BCUT2D eigenvalue weighted by molar-refractivity contribution is 8.05. The third-order valence-electron chi connectivity index (χ3n) is 3.44. The van der Waals surface area contributed by atoms with Crippen LogP contribution < -0.4 is 4.90 Å². The molecule has 6 nitrogen and oxygen atoms in total. The first-order valence-electron chi connectivity index (χ1n) is 6.98. The number of hydrogen-bond donors (Lipinski definition) is 0. The van der Waals surface area contributed by atoms with Crippen molar-refractivity contribution in [1.29, 1.82) is 0 Å². The Morgan fingerprint density at radius 2 is 2.00 bits per heavy atom. The minimum absolute atomic E-state index is 0.284. The van der Waals surface area contributed by atoms with E-state index in [-0.39, 0.29) is 9.83 Å². The molecule has 0 unspecified atom stereocenters. The van der Waals surface area contributed by atoms with Gasteiger partial charge in [-0.05, 0) is 17.7 Å². The van der Waals surface area contributed by atoms with Gasteiger partial charge < -0.3 is 9.64 Å². The zero-order chi connectivity index (χ0) is 17.0. The molecule has 122 valence electrons. The molecule has 0 aromatic heterocycles. The van der Waals surface area contributed by atoms with Gasteiger partial charge in [-0.1, -0.05) is 24.3 Å². The van der Waals surface area contributed by atoms with E-state index >= 15 is 0 Å². The zero-order valence-corrected chi connectivity index (χ0v) is 13.9. The summed E-state index contributed by atoms with van der Waals surface area (Å²) < 4.78 is 4.63. The molecular weight excluding hydrogens is 316 g/mol. The number of thioether (sulfide) groups is 1. The lowest BCUT2D eigenvalue weighted by atomic mass is 10.1. The van der Waals surface area contributed by atoms with Crippen molar-refractivity contribution in [3.63, 3.8) is 0 Å². The lowest BCUT2D eigenvalue weighted by molar-refractivity contribution is -0.506. The summed E-state index contributed by atoms with van der Waals surface area (Å²) in [4.78, 5) is 24.6. The SMILES string of the molecule is COC(=O)C1=C[C@H]([N+](=O)[O-])[C@H](/C=C/c2ccc(N(C)C)cc2)S1. The van der Waals surface area contributed by atoms with Crippen molar-refractivity contribution in [3.8, 4) is 0 Å². The van der Waals surface area contributed by atoms with Crippen molar-refractivity contribution < 1.29 is 14.5 Å². The molecule has 1 aromatic rings. The number of carbonyl (C=O) groups excluding carboxylic acids is 1. The van der Waals surface area contributed by atoms with Crippen molar-refractivity contribution in [2.75, 3.05) is 26.1 Å². The molecule has 7 heteroatoms. The fourth-order valence-electron chi connectivity index (χ4n) is 2.15. The van der Waals surface area contributed by atoms with Crippen LogP contribution in [0, 0.1) is 10.1 Å². The molecule has 2 atom stereocenters. The molecule has 0 aliphatic carbocycles. The van der Waals surface area contributed by atoms with Crippen LogP contribution in [0.3, 0.4) is 0 Å². The Morgan fingerprint density at radius 3 is 2.52 bits per heavy atom. The van der Waals surface area contributed by atoms with Crippen LogP contribution in [-0.4, -0.2) is 43.4 Å². The molecule has 0 N–H and O–H groups in total. The van der Waals surface area contributed by atoms with E-state index in [0.29, 0.717) is 0 Å². The number of benzene rings is 1. The van der Waals surface area contributed by atoms with E-state index in [0.717, 1.165) is 23.0 Å². The van der Waals surface area contributed by atoms with Crippen molar-refractivity contribution in [1.82, 2.24) is 0 Å². The number of methoxy groups -OCH3 is 1. The van der Waals surface area contributed by atoms with Gasteiger partial charge in [0.2, 0.25) is 6.04 Å². The molecule has 0 fully saturated rings. The molecule has 0 saturated carbocycles. The number of ether oxygens (including phenoxy) is 1. The van der Waals surface area contributed by atoms with Gasteiger partial charge in [0.15, 0.2) is 0 Å². The van der Waals surface area contributed by atoms with E-state index < -0.39 is 17.3 Å². The topological polar surface area (TPSA) is 72.7 Å². The molecule has 0 amide bonds. The summed E-state index contributed by atoms with van der Waals surface area (Å²) in [5.41, 5.74) is 2.03. The average molecular weight is 334 g/mol. The van der Waals surface area contributed by atoms with Crippen LogP contribution in [0.15, 0.2) is 41.3 Å². The highest BCUT2D eigenvalue weighted by atomic mass is 32.2. The minimum Gasteiger partial charge on any atom is -0.465 e. The van der Waals surface area contributed by atoms with Crippen LogP contribution in [0.2, 0.25) is 0 Å². The maximum absolute atomic E-state index is 11.5. The Balaban J connectivity index is 2.12. The van der Waals surface area contributed by atoms with Gasteiger partial charge in [-0.15, -0.1) is 11.8 Å². The summed E-state index contributed by atoms with van der Waals surface area (Å²) in [6, 6.07) is 6.92. The molecule has 0 radical (unpaired) electrons. The van der Waals surface area contributed by atoms with Gasteiger partial charge in [0, 0.05) is 30.8 Å². The van der Waals surface area contributed by atoms with E-state index in [9.17, 15) is 14.9 Å². The molecule has 1 heterocycles. The number of hydrogen-bond acceptors (Lipinski definition) is 6. The number of anilines is 1. The summed E-state index contributed by atoms with van der Waals surface area (Å²) >= 11 is 1.16. The smallest absolute Gasteiger partial charge is 0.344 e. The molecule has 2 rings (SSSR count). The van der Waals surface area contributed by atoms with Crippen LogP contribution in [0.4, 0.5) is 5.69 Å². The van der Waals surface area contributed by atoms with Gasteiger partial charge >= 0.3 is 5.97 Å². The van der Waals surface area contributed by atoms with E-state index in [2.05, 4.69) is 4.74 Å². The fraction of sp³-hybridized carbons (Fsp3) is 0.312. The second kappa shape index (κ2) is 7.32. The maximum atomic E-state index is 11.5. The van der Waals surface area contributed by atoms with Gasteiger partial charge in [0.25, 0.3) is 0 Å². The van der Waals surface area contributed by atoms with Crippen molar-refractivity contribution in [3.05, 3.63) is 57.0 Å². The van der Waals surface area contributed by atoms with Gasteiger partial charge in [0.05, 0.1) is 17.3 Å². The Morgan fingerprint density at radius 1 is 1.35 bits per heavy atom. The highest BCUT2D eigenvalue weighted by Gasteiger charge is 2.38. The van der Waals surface area contributed by atoms with Gasteiger partial charge in [0.1, 0.15) is 0 Å². The quantitative estimate of drug-likeness (QED) is 0.468. The van der Waals surface area contributed by atoms with E-state index in [1.54, 1.807) is 6.08 Å². The molecule has 1 aliphatic heterocycles. The summed E-state index contributed by atoms with van der Waals surface area (Å²) in [6.07, 6.45) is 4.96. The summed E-state index contributed by atoms with van der Waals surface area (Å²) in [7, 11) is 5.18. The third kappa shape index (κ3) is 4.13. The Labute approximate surface area is 139 Å². The molecule has 1 aliphatic rings. The number of nitro groups is 1. The van der Waals surface area contributed by atoms with Crippen LogP contribution in [0.1, 0.15) is 5.56 Å². The Hall–Kier alpha value is -2.28. The maximum Gasteiger partial charge on any atom is 0.344 e. The Kier molecular flexibility index (Phi) is 5.44. The fourth-order valence-corrected chi connectivity index (χ4v) is 3.31. The van der Waals surface area contributed by atoms with Crippen LogP contribution in [0.25, 0.3) is 6.08 Å². The van der Waals surface area contributed by atoms with Crippen LogP contribution in [-0.2, 0) is 9.53 Å². The summed E-state index contributed by atoms with van der Waals surface area (Å²) in [6.45, 7) is 0. The van der Waals surface area contributed by atoms with Crippen molar-refractivity contribution in [2.45, 2.75) is 11.3 Å². The molecule has 1 aromatic carbocycles. The number of carbonyl (C=O) groups is 1. The van der Waals surface area contributed by atoms with Gasteiger partial charge in [-0.2, -0.15) is 0 Å². The summed E-state index contributed by atoms with van der Waals surface area (Å²) in [5, 5.41) is 10.7. The first-order valence-corrected chi connectivity index (χ1v) is 7.86. The predicted molar refractivity (Wildman–Crippen MR) is 92.1 cm³/mol. The standard InChI is InChI=1S/C16H18N2O4S/c1-17(2)12-7-4-11(5-8-12)6-9-14-13(18(20)21)10-15(23-14)16(19)22-3/h4-10,13-14H,1-3H3/b9-6+/t13-,14-/m0/s1. The number of nitrogens with zero attached hydrogens (tertiary/aromatic N) is 2.